The van der Waals surface area contributed by atoms with Crippen LogP contribution in [0, 0.1) is 0 Å². The van der Waals surface area contributed by atoms with Crippen molar-refractivity contribution in [2.45, 2.75) is 52.0 Å². The molecule has 2 aromatic carbocycles. The third kappa shape index (κ3) is 5.72. The number of anilines is 2. The molecule has 0 atom stereocenters. The maximum atomic E-state index is 12.7. The Morgan fingerprint density at radius 2 is 1.73 bits per heavy atom. The van der Waals surface area contributed by atoms with Gasteiger partial charge in [0, 0.05) is 15.7 Å². The largest absolute Gasteiger partial charge is 0.369 e. The molecular weight excluding hydrogens is 440 g/mol. The first-order valence-corrected chi connectivity index (χ1v) is 11.3. The number of para-hydroxylation sites is 1. The molecular formula is C24H29BrN4O. The number of hydrogen-bond donors (Lipinski definition) is 2. The van der Waals surface area contributed by atoms with Crippen LogP contribution in [0.1, 0.15) is 44.7 Å². The van der Waals surface area contributed by atoms with Crippen LogP contribution >= 0.6 is 15.9 Å². The fourth-order valence-electron chi connectivity index (χ4n) is 3.57. The van der Waals surface area contributed by atoms with Gasteiger partial charge in [-0.3, -0.25) is 4.79 Å². The second-order valence-corrected chi connectivity index (χ2v) is 8.26. The summed E-state index contributed by atoms with van der Waals surface area (Å²) in [7, 11) is 0. The van der Waals surface area contributed by atoms with E-state index in [9.17, 15) is 4.79 Å². The standard InChI is InChI=1S/C24H29BrN4O/c1-2-3-4-5-9-16-21-23(19-14-10-11-15-20(19)25)29(24(26)28-21)17-22(30)27-18-12-7-6-8-13-18/h6-8,10-15H,2-5,9,16-17H2,1H3,(H2,26,28)(H,27,30). The van der Waals surface area contributed by atoms with Crippen molar-refractivity contribution >= 4 is 33.5 Å². The van der Waals surface area contributed by atoms with Crippen LogP contribution in [-0.2, 0) is 17.8 Å². The van der Waals surface area contributed by atoms with Crippen LogP contribution in [0.15, 0.2) is 59.1 Å². The molecule has 0 spiro atoms. The summed E-state index contributed by atoms with van der Waals surface area (Å²) >= 11 is 3.65. The molecule has 0 fully saturated rings. The highest BCUT2D eigenvalue weighted by atomic mass is 79.9. The number of nitrogens with one attached hydrogen (secondary N) is 1. The first kappa shape index (κ1) is 22.1. The molecule has 0 unspecified atom stereocenters. The fourth-order valence-corrected chi connectivity index (χ4v) is 4.04. The van der Waals surface area contributed by atoms with Crippen LogP contribution in [0.4, 0.5) is 11.6 Å². The number of unbranched alkanes of at least 4 members (excludes halogenated alkanes) is 4. The van der Waals surface area contributed by atoms with Gasteiger partial charge in [0.15, 0.2) is 0 Å². The van der Waals surface area contributed by atoms with Crippen molar-refractivity contribution in [1.82, 2.24) is 9.55 Å². The molecule has 158 valence electrons. The smallest absolute Gasteiger partial charge is 0.244 e. The highest BCUT2D eigenvalue weighted by Crippen LogP contribution is 2.33. The molecule has 1 amide bonds. The number of carbonyl (C=O) groups is 1. The minimum Gasteiger partial charge on any atom is -0.369 e. The Balaban J connectivity index is 1.86. The monoisotopic (exact) mass is 468 g/mol. The van der Waals surface area contributed by atoms with Crippen molar-refractivity contribution in [3.8, 4) is 11.3 Å². The maximum Gasteiger partial charge on any atom is 0.244 e. The average molecular weight is 469 g/mol. The molecule has 0 radical (unpaired) electrons. The quantitative estimate of drug-likeness (QED) is 0.355. The highest BCUT2D eigenvalue weighted by Gasteiger charge is 2.20. The number of nitrogen functional groups attached to an aromatic ring is 1. The number of hydrogen-bond acceptors (Lipinski definition) is 3. The van der Waals surface area contributed by atoms with E-state index in [0.29, 0.717) is 5.95 Å². The van der Waals surface area contributed by atoms with E-state index in [1.165, 1.54) is 25.7 Å². The van der Waals surface area contributed by atoms with Gasteiger partial charge in [0.25, 0.3) is 0 Å². The molecule has 3 N–H and O–H groups in total. The van der Waals surface area contributed by atoms with E-state index < -0.39 is 0 Å². The van der Waals surface area contributed by atoms with Crippen LogP contribution in [0.25, 0.3) is 11.3 Å². The normalized spacial score (nSPS) is 10.9. The minimum atomic E-state index is -0.131. The SMILES string of the molecule is CCCCCCCc1nc(N)n(CC(=O)Nc2ccccc2)c1-c1ccccc1Br. The zero-order chi connectivity index (χ0) is 21.3. The third-order valence-electron chi connectivity index (χ3n) is 5.07. The summed E-state index contributed by atoms with van der Waals surface area (Å²) in [4.78, 5) is 17.4. The zero-order valence-electron chi connectivity index (χ0n) is 17.4. The Hall–Kier alpha value is -2.60. The number of aryl methyl sites for hydroxylation is 1. The van der Waals surface area contributed by atoms with E-state index in [1.807, 2.05) is 59.2 Å². The summed E-state index contributed by atoms with van der Waals surface area (Å²) in [6.45, 7) is 2.33. The molecule has 5 nitrogen and oxygen atoms in total. The van der Waals surface area contributed by atoms with Gasteiger partial charge in [-0.2, -0.15) is 0 Å². The molecule has 0 saturated heterocycles. The van der Waals surface area contributed by atoms with Crippen molar-refractivity contribution in [2.24, 2.45) is 0 Å². The molecule has 6 heteroatoms. The van der Waals surface area contributed by atoms with Crippen LogP contribution in [-0.4, -0.2) is 15.5 Å². The van der Waals surface area contributed by atoms with Crippen molar-refractivity contribution in [1.29, 1.82) is 0 Å². The Morgan fingerprint density at radius 1 is 1.03 bits per heavy atom. The van der Waals surface area contributed by atoms with Gasteiger partial charge in [-0.15, -0.1) is 0 Å². The Kier molecular flexibility index (Phi) is 8.08. The van der Waals surface area contributed by atoms with Gasteiger partial charge < -0.3 is 15.6 Å². The highest BCUT2D eigenvalue weighted by molar-refractivity contribution is 9.10. The van der Waals surface area contributed by atoms with Gasteiger partial charge in [0.1, 0.15) is 6.54 Å². The van der Waals surface area contributed by atoms with Crippen LogP contribution in [0.5, 0.6) is 0 Å². The van der Waals surface area contributed by atoms with Gasteiger partial charge in [0.2, 0.25) is 11.9 Å². The molecule has 0 aliphatic carbocycles. The Morgan fingerprint density at radius 3 is 2.47 bits per heavy atom. The maximum absolute atomic E-state index is 12.7. The molecule has 0 bridgehead atoms. The molecule has 0 saturated carbocycles. The lowest BCUT2D eigenvalue weighted by atomic mass is 10.0. The first-order chi connectivity index (χ1) is 14.6. The van der Waals surface area contributed by atoms with Crippen molar-refractivity contribution in [3.05, 3.63) is 64.8 Å². The summed E-state index contributed by atoms with van der Waals surface area (Å²) in [6, 6.07) is 17.4. The van der Waals surface area contributed by atoms with Crippen molar-refractivity contribution in [3.63, 3.8) is 0 Å². The van der Waals surface area contributed by atoms with Crippen molar-refractivity contribution in [2.75, 3.05) is 11.1 Å². The molecule has 1 aromatic heterocycles. The molecule has 3 aromatic rings. The van der Waals surface area contributed by atoms with Crippen LogP contribution < -0.4 is 11.1 Å². The Labute approximate surface area is 186 Å². The number of nitrogens with two attached hydrogens (primary N) is 1. The first-order valence-electron chi connectivity index (χ1n) is 10.5. The van der Waals surface area contributed by atoms with E-state index >= 15 is 0 Å². The lowest BCUT2D eigenvalue weighted by Gasteiger charge is -2.13. The van der Waals surface area contributed by atoms with E-state index in [0.717, 1.165) is 40.0 Å². The van der Waals surface area contributed by atoms with Gasteiger partial charge in [-0.05, 0) is 31.0 Å². The summed E-state index contributed by atoms with van der Waals surface area (Å²) in [5, 5.41) is 2.93. The molecule has 0 aliphatic rings. The minimum absolute atomic E-state index is 0.111. The van der Waals surface area contributed by atoms with E-state index in [-0.39, 0.29) is 12.5 Å². The zero-order valence-corrected chi connectivity index (χ0v) is 19.0. The number of benzene rings is 2. The number of imidazole rings is 1. The van der Waals surface area contributed by atoms with Crippen molar-refractivity contribution < 1.29 is 4.79 Å². The second-order valence-electron chi connectivity index (χ2n) is 7.41. The molecule has 30 heavy (non-hydrogen) atoms. The van der Waals surface area contributed by atoms with E-state index in [4.69, 9.17) is 5.73 Å². The van der Waals surface area contributed by atoms with E-state index in [1.54, 1.807) is 0 Å². The average Bonchev–Trinajstić information content (AvgIpc) is 3.04. The van der Waals surface area contributed by atoms with Crippen LogP contribution in [0.2, 0.25) is 0 Å². The third-order valence-corrected chi connectivity index (χ3v) is 5.77. The summed E-state index contributed by atoms with van der Waals surface area (Å²) < 4.78 is 2.78. The number of aromatic nitrogens is 2. The topological polar surface area (TPSA) is 72.9 Å². The van der Waals surface area contributed by atoms with Gasteiger partial charge in [-0.25, -0.2) is 4.98 Å². The summed E-state index contributed by atoms with van der Waals surface area (Å²) in [5.74, 6) is 0.237. The van der Waals surface area contributed by atoms with Gasteiger partial charge >= 0.3 is 0 Å². The molecule has 0 aliphatic heterocycles. The fraction of sp³-hybridized carbons (Fsp3) is 0.333. The number of halogens is 1. The van der Waals surface area contributed by atoms with Gasteiger partial charge in [-0.1, -0.05) is 84.9 Å². The number of amides is 1. The lowest BCUT2D eigenvalue weighted by Crippen LogP contribution is -2.20. The molecule has 1 heterocycles. The van der Waals surface area contributed by atoms with Crippen LogP contribution in [0.3, 0.4) is 0 Å². The molecule has 3 rings (SSSR count). The number of nitrogens with zero attached hydrogens (tertiary/aromatic N) is 2. The lowest BCUT2D eigenvalue weighted by molar-refractivity contribution is -0.116. The predicted molar refractivity (Wildman–Crippen MR) is 127 cm³/mol. The summed E-state index contributed by atoms with van der Waals surface area (Å²) in [6.07, 6.45) is 6.79. The van der Waals surface area contributed by atoms with E-state index in [2.05, 4.69) is 33.2 Å². The van der Waals surface area contributed by atoms with Gasteiger partial charge in [0.05, 0.1) is 11.4 Å². The number of carbonyl (C=O) groups excluding carboxylic acids is 1. The number of rotatable bonds is 10. The predicted octanol–water partition coefficient (Wildman–Crippen LogP) is 6.05. The Bertz CT molecular complexity index is 969. The summed E-state index contributed by atoms with van der Waals surface area (Å²) in [5.41, 5.74) is 9.90. The second kappa shape index (κ2) is 11.0.